The Morgan fingerprint density at radius 3 is 2.52 bits per heavy atom. The largest absolute Gasteiger partial charge is 0.489 e. The first-order chi connectivity index (χ1) is 16.2. The summed E-state index contributed by atoms with van der Waals surface area (Å²) in [5, 5.41) is 6.48. The topological polar surface area (TPSA) is 50.7 Å². The van der Waals surface area contributed by atoms with Crippen LogP contribution in [0.3, 0.4) is 0 Å². The van der Waals surface area contributed by atoms with Crippen LogP contribution in [0.15, 0.2) is 101 Å². The van der Waals surface area contributed by atoms with Gasteiger partial charge in [0.05, 0.1) is 12.0 Å². The lowest BCUT2D eigenvalue weighted by Gasteiger charge is -2.07. The molecule has 33 heavy (non-hydrogen) atoms. The molecule has 0 aliphatic heterocycles. The van der Waals surface area contributed by atoms with Crippen molar-refractivity contribution in [2.75, 3.05) is 5.75 Å². The van der Waals surface area contributed by atoms with Crippen molar-refractivity contribution in [2.24, 2.45) is 5.10 Å². The van der Waals surface area contributed by atoms with Crippen molar-refractivity contribution >= 4 is 50.6 Å². The van der Waals surface area contributed by atoms with E-state index in [1.54, 1.807) is 18.0 Å². The second-order valence-corrected chi connectivity index (χ2v) is 9.26. The minimum atomic E-state index is -0.126. The lowest BCUT2D eigenvalue weighted by atomic mass is 10.1. The molecule has 1 N–H and O–H groups in total. The zero-order chi connectivity index (χ0) is 22.9. The molecule has 4 rings (SSSR count). The number of benzene rings is 4. The van der Waals surface area contributed by atoms with E-state index in [0.29, 0.717) is 12.4 Å². The molecule has 0 bridgehead atoms. The molecule has 4 aromatic carbocycles. The summed E-state index contributed by atoms with van der Waals surface area (Å²) in [6.45, 7) is 0.506. The number of nitrogens with zero attached hydrogens (tertiary/aromatic N) is 1. The molecule has 1 amide bonds. The maximum absolute atomic E-state index is 12.0. The van der Waals surface area contributed by atoms with Crippen LogP contribution in [0, 0.1) is 0 Å². The molecule has 0 aliphatic carbocycles. The third kappa shape index (κ3) is 6.94. The molecule has 0 atom stereocenters. The molecule has 0 aromatic heterocycles. The van der Waals surface area contributed by atoms with Crippen LogP contribution < -0.4 is 10.2 Å². The van der Waals surface area contributed by atoms with Gasteiger partial charge in [0.25, 0.3) is 0 Å². The van der Waals surface area contributed by atoms with E-state index in [-0.39, 0.29) is 5.91 Å². The smallest absolute Gasteiger partial charge is 0.250 e. The number of carbonyl (C=O) groups excluding carboxylic acids is 1. The number of thioether (sulfide) groups is 1. The molecular formula is C27H23BrN2O2S. The van der Waals surface area contributed by atoms with Crippen molar-refractivity contribution in [1.29, 1.82) is 0 Å². The van der Waals surface area contributed by atoms with Gasteiger partial charge < -0.3 is 4.74 Å². The van der Waals surface area contributed by atoms with Crippen LogP contribution in [0.25, 0.3) is 10.8 Å². The Hall–Kier alpha value is -3.09. The summed E-state index contributed by atoms with van der Waals surface area (Å²) in [6, 6.07) is 30.3. The normalized spacial score (nSPS) is 11.1. The van der Waals surface area contributed by atoms with Gasteiger partial charge in [-0.05, 0) is 63.9 Å². The Bertz CT molecular complexity index is 1260. The Morgan fingerprint density at radius 2 is 1.70 bits per heavy atom. The Kier molecular flexibility index (Phi) is 8.17. The van der Waals surface area contributed by atoms with Gasteiger partial charge in [-0.25, -0.2) is 5.43 Å². The second-order valence-electron chi connectivity index (χ2n) is 7.42. The molecule has 0 unspecified atom stereocenters. The van der Waals surface area contributed by atoms with Gasteiger partial charge >= 0.3 is 0 Å². The summed E-state index contributed by atoms with van der Waals surface area (Å²) in [5.74, 6) is 1.77. The second kappa shape index (κ2) is 11.7. The molecule has 0 radical (unpaired) electrons. The summed E-state index contributed by atoms with van der Waals surface area (Å²) in [6.07, 6.45) is 1.63. The maximum atomic E-state index is 12.0. The molecular weight excluding hydrogens is 496 g/mol. The van der Waals surface area contributed by atoms with Gasteiger partial charge in [-0.2, -0.15) is 5.10 Å². The highest BCUT2D eigenvalue weighted by atomic mass is 79.9. The zero-order valence-electron chi connectivity index (χ0n) is 17.9. The highest BCUT2D eigenvalue weighted by Crippen LogP contribution is 2.21. The predicted molar refractivity (Wildman–Crippen MR) is 141 cm³/mol. The first-order valence-electron chi connectivity index (χ1n) is 10.5. The van der Waals surface area contributed by atoms with E-state index in [9.17, 15) is 4.79 Å². The fourth-order valence-corrected chi connectivity index (χ4v) is 4.66. The predicted octanol–water partition coefficient (Wildman–Crippen LogP) is 6.56. The number of halogens is 1. The quantitative estimate of drug-likeness (QED) is 0.201. The van der Waals surface area contributed by atoms with E-state index < -0.39 is 0 Å². The molecule has 0 saturated heterocycles. The van der Waals surface area contributed by atoms with Gasteiger partial charge in [0.1, 0.15) is 12.4 Å². The van der Waals surface area contributed by atoms with Gasteiger partial charge in [-0.15, -0.1) is 11.8 Å². The number of hydrogen-bond acceptors (Lipinski definition) is 4. The van der Waals surface area contributed by atoms with Gasteiger partial charge in [0, 0.05) is 10.2 Å². The van der Waals surface area contributed by atoms with Crippen LogP contribution in [0.5, 0.6) is 5.75 Å². The van der Waals surface area contributed by atoms with Crippen LogP contribution in [-0.4, -0.2) is 17.9 Å². The minimum Gasteiger partial charge on any atom is -0.489 e. The van der Waals surface area contributed by atoms with E-state index in [1.807, 2.05) is 60.7 Å². The maximum Gasteiger partial charge on any atom is 0.250 e. The van der Waals surface area contributed by atoms with Crippen molar-refractivity contribution in [2.45, 2.75) is 12.4 Å². The Balaban J connectivity index is 1.20. The Morgan fingerprint density at radius 1 is 0.939 bits per heavy atom. The average molecular weight is 519 g/mol. The zero-order valence-corrected chi connectivity index (χ0v) is 20.3. The molecule has 166 valence electrons. The fourth-order valence-electron chi connectivity index (χ4n) is 3.23. The number of rotatable bonds is 9. The molecule has 0 spiro atoms. The van der Waals surface area contributed by atoms with E-state index >= 15 is 0 Å². The van der Waals surface area contributed by atoms with Crippen LogP contribution >= 0.6 is 27.7 Å². The number of carbonyl (C=O) groups is 1. The number of hydrazone groups is 1. The first kappa shape index (κ1) is 23.1. The number of nitrogens with one attached hydrogen (secondary N) is 1. The SMILES string of the molecule is O=C(CSCc1ccccc1Br)N/N=C/c1ccc(OCc2ccc3ccccc3c2)cc1. The fraction of sp³-hybridized carbons (Fsp3) is 0.111. The lowest BCUT2D eigenvalue weighted by molar-refractivity contribution is -0.118. The molecule has 4 nitrogen and oxygen atoms in total. The average Bonchev–Trinajstić information content (AvgIpc) is 2.84. The number of ether oxygens (including phenoxy) is 1. The number of hydrogen-bond donors (Lipinski definition) is 1. The van der Waals surface area contributed by atoms with Crippen LogP contribution in [-0.2, 0) is 17.2 Å². The van der Waals surface area contributed by atoms with E-state index in [4.69, 9.17) is 4.74 Å². The first-order valence-corrected chi connectivity index (χ1v) is 12.5. The monoisotopic (exact) mass is 518 g/mol. The number of amides is 1. The standard InChI is InChI=1S/C27H23BrN2O2S/c28-26-8-4-3-7-24(26)18-33-19-27(31)30-29-16-20-10-13-25(14-11-20)32-17-21-9-12-22-5-1-2-6-23(22)15-21/h1-16H,17-19H2,(H,30,31)/b29-16+. The van der Waals surface area contributed by atoms with Crippen LogP contribution in [0.2, 0.25) is 0 Å². The van der Waals surface area contributed by atoms with E-state index in [0.717, 1.165) is 27.1 Å². The summed E-state index contributed by atoms with van der Waals surface area (Å²) in [4.78, 5) is 12.0. The molecule has 4 aromatic rings. The van der Waals surface area contributed by atoms with Crippen molar-refractivity contribution in [3.8, 4) is 5.75 Å². The lowest BCUT2D eigenvalue weighted by Crippen LogP contribution is -2.19. The minimum absolute atomic E-state index is 0.126. The third-order valence-electron chi connectivity index (χ3n) is 4.95. The molecule has 6 heteroatoms. The summed E-state index contributed by atoms with van der Waals surface area (Å²) >= 11 is 5.07. The third-order valence-corrected chi connectivity index (χ3v) is 6.71. The van der Waals surface area contributed by atoms with Crippen LogP contribution in [0.4, 0.5) is 0 Å². The van der Waals surface area contributed by atoms with Gasteiger partial charge in [0.15, 0.2) is 0 Å². The van der Waals surface area contributed by atoms with Crippen molar-refractivity contribution in [3.63, 3.8) is 0 Å². The number of fused-ring (bicyclic) bond motifs is 1. The summed E-state index contributed by atoms with van der Waals surface area (Å²) in [5.41, 5.74) is 5.75. The van der Waals surface area contributed by atoms with Crippen molar-refractivity contribution in [3.05, 3.63) is 112 Å². The highest BCUT2D eigenvalue weighted by Gasteiger charge is 2.03. The molecule has 0 saturated carbocycles. The highest BCUT2D eigenvalue weighted by molar-refractivity contribution is 9.10. The van der Waals surface area contributed by atoms with Gasteiger partial charge in [-0.1, -0.05) is 70.5 Å². The Labute approximate surface area is 206 Å². The summed E-state index contributed by atoms with van der Waals surface area (Å²) < 4.78 is 6.96. The molecule has 0 fully saturated rings. The van der Waals surface area contributed by atoms with Crippen molar-refractivity contribution in [1.82, 2.24) is 5.43 Å². The van der Waals surface area contributed by atoms with E-state index in [1.165, 1.54) is 16.3 Å². The van der Waals surface area contributed by atoms with Crippen LogP contribution in [0.1, 0.15) is 16.7 Å². The molecule has 0 aliphatic rings. The van der Waals surface area contributed by atoms with Gasteiger partial charge in [-0.3, -0.25) is 4.79 Å². The van der Waals surface area contributed by atoms with E-state index in [2.05, 4.69) is 56.8 Å². The van der Waals surface area contributed by atoms with Gasteiger partial charge in [0.2, 0.25) is 5.91 Å². The summed E-state index contributed by atoms with van der Waals surface area (Å²) in [7, 11) is 0. The van der Waals surface area contributed by atoms with Crippen molar-refractivity contribution < 1.29 is 9.53 Å². The molecule has 0 heterocycles.